The van der Waals surface area contributed by atoms with Crippen LogP contribution in [0.3, 0.4) is 0 Å². The van der Waals surface area contributed by atoms with Crippen LogP contribution in [0, 0.1) is 11.3 Å². The molecule has 0 aliphatic heterocycles. The number of methoxy groups -OCH3 is 1. The van der Waals surface area contributed by atoms with Crippen molar-refractivity contribution in [2.24, 2.45) is 0 Å². The van der Waals surface area contributed by atoms with Crippen LogP contribution < -0.4 is 14.8 Å². The summed E-state index contributed by atoms with van der Waals surface area (Å²) in [5.41, 5.74) is 1.27. The smallest absolute Gasteiger partial charge is 0.266 e. The lowest BCUT2D eigenvalue weighted by Crippen LogP contribution is -2.13. The van der Waals surface area contributed by atoms with E-state index in [1.54, 1.807) is 43.5 Å². The van der Waals surface area contributed by atoms with Gasteiger partial charge in [0.1, 0.15) is 11.6 Å². The number of rotatable bonds is 6. The van der Waals surface area contributed by atoms with E-state index in [0.717, 1.165) is 4.47 Å². The van der Waals surface area contributed by atoms with E-state index in [9.17, 15) is 10.1 Å². The average Bonchev–Trinajstić information content (AvgIpc) is 2.60. The Morgan fingerprint density at radius 2 is 2.08 bits per heavy atom. The summed E-state index contributed by atoms with van der Waals surface area (Å²) in [4.78, 5) is 12.3. The highest BCUT2D eigenvalue weighted by Crippen LogP contribution is 2.29. The van der Waals surface area contributed by atoms with E-state index < -0.39 is 5.91 Å². The molecule has 5 nitrogen and oxygen atoms in total. The number of nitriles is 1. The maximum Gasteiger partial charge on any atom is 0.266 e. The van der Waals surface area contributed by atoms with Crippen molar-refractivity contribution in [3.63, 3.8) is 0 Å². The largest absolute Gasteiger partial charge is 0.493 e. The minimum atomic E-state index is -0.477. The molecule has 0 heterocycles. The number of hydrogen-bond donors (Lipinski definition) is 1. The molecule has 128 valence electrons. The molecule has 0 unspecified atom stereocenters. The Morgan fingerprint density at radius 3 is 2.72 bits per heavy atom. The molecule has 2 aromatic carbocycles. The average molecular weight is 401 g/mol. The van der Waals surface area contributed by atoms with Crippen molar-refractivity contribution < 1.29 is 14.3 Å². The van der Waals surface area contributed by atoms with Gasteiger partial charge in [-0.1, -0.05) is 28.1 Å². The van der Waals surface area contributed by atoms with Crippen LogP contribution in [0.15, 0.2) is 52.5 Å². The van der Waals surface area contributed by atoms with Crippen molar-refractivity contribution >= 4 is 33.6 Å². The molecular weight excluding hydrogens is 384 g/mol. The number of anilines is 1. The molecule has 0 spiro atoms. The third-order valence-corrected chi connectivity index (χ3v) is 3.74. The molecule has 1 amide bonds. The van der Waals surface area contributed by atoms with Gasteiger partial charge in [0.25, 0.3) is 5.91 Å². The molecule has 0 bridgehead atoms. The molecule has 0 saturated heterocycles. The third-order valence-electron chi connectivity index (χ3n) is 3.25. The molecule has 0 fully saturated rings. The fourth-order valence-electron chi connectivity index (χ4n) is 2.13. The monoisotopic (exact) mass is 400 g/mol. The van der Waals surface area contributed by atoms with Gasteiger partial charge in [0.05, 0.1) is 13.7 Å². The van der Waals surface area contributed by atoms with E-state index in [1.807, 2.05) is 19.1 Å². The molecule has 0 atom stereocenters. The second kappa shape index (κ2) is 8.90. The zero-order chi connectivity index (χ0) is 18.2. The molecule has 0 saturated carbocycles. The van der Waals surface area contributed by atoms with Crippen molar-refractivity contribution in [1.82, 2.24) is 0 Å². The SMILES string of the molecule is CCOc1cc(/C=C(/C#N)C(=O)Nc2cccc(Br)c2)ccc1OC. The van der Waals surface area contributed by atoms with Gasteiger partial charge in [0.2, 0.25) is 0 Å². The summed E-state index contributed by atoms with van der Waals surface area (Å²) in [6, 6.07) is 14.3. The highest BCUT2D eigenvalue weighted by molar-refractivity contribution is 9.10. The first-order chi connectivity index (χ1) is 12.1. The Balaban J connectivity index is 2.26. The summed E-state index contributed by atoms with van der Waals surface area (Å²) in [5.74, 6) is 0.675. The Hall–Kier alpha value is -2.78. The lowest BCUT2D eigenvalue weighted by atomic mass is 10.1. The lowest BCUT2D eigenvalue weighted by Gasteiger charge is -2.10. The van der Waals surface area contributed by atoms with Gasteiger partial charge in [0, 0.05) is 10.2 Å². The topological polar surface area (TPSA) is 71.3 Å². The van der Waals surface area contributed by atoms with Gasteiger partial charge in [0.15, 0.2) is 11.5 Å². The van der Waals surface area contributed by atoms with Gasteiger partial charge in [-0.3, -0.25) is 4.79 Å². The van der Waals surface area contributed by atoms with Gasteiger partial charge < -0.3 is 14.8 Å². The number of carbonyl (C=O) groups excluding carboxylic acids is 1. The van der Waals surface area contributed by atoms with Crippen molar-refractivity contribution in [3.05, 3.63) is 58.1 Å². The van der Waals surface area contributed by atoms with E-state index in [0.29, 0.717) is 29.4 Å². The minimum Gasteiger partial charge on any atom is -0.493 e. The van der Waals surface area contributed by atoms with Crippen molar-refractivity contribution in [1.29, 1.82) is 5.26 Å². The first kappa shape index (κ1) is 18.6. The molecule has 0 aliphatic rings. The van der Waals surface area contributed by atoms with E-state index in [4.69, 9.17) is 9.47 Å². The summed E-state index contributed by atoms with van der Waals surface area (Å²) in [6.45, 7) is 2.35. The van der Waals surface area contributed by atoms with Crippen LogP contribution in [-0.2, 0) is 4.79 Å². The molecule has 6 heteroatoms. The zero-order valence-corrected chi connectivity index (χ0v) is 15.5. The second-order valence-electron chi connectivity index (χ2n) is 4.98. The van der Waals surface area contributed by atoms with E-state index in [1.165, 1.54) is 6.08 Å². The lowest BCUT2D eigenvalue weighted by molar-refractivity contribution is -0.112. The Kier molecular flexibility index (Phi) is 6.61. The van der Waals surface area contributed by atoms with Crippen LogP contribution >= 0.6 is 15.9 Å². The molecule has 0 aromatic heterocycles. The molecular formula is C19H17BrN2O3. The molecule has 1 N–H and O–H groups in total. The van der Waals surface area contributed by atoms with Gasteiger partial charge in [-0.25, -0.2) is 0 Å². The van der Waals surface area contributed by atoms with Crippen LogP contribution in [0.1, 0.15) is 12.5 Å². The van der Waals surface area contributed by atoms with E-state index in [2.05, 4.69) is 21.2 Å². The predicted molar refractivity (Wildman–Crippen MR) is 101 cm³/mol. The summed E-state index contributed by atoms with van der Waals surface area (Å²) < 4.78 is 11.6. The second-order valence-corrected chi connectivity index (χ2v) is 5.89. The van der Waals surface area contributed by atoms with Crippen molar-refractivity contribution in [2.45, 2.75) is 6.92 Å². The van der Waals surface area contributed by atoms with Crippen LogP contribution in [0.4, 0.5) is 5.69 Å². The zero-order valence-electron chi connectivity index (χ0n) is 13.9. The Bertz CT molecular complexity index is 841. The maximum atomic E-state index is 12.3. The van der Waals surface area contributed by atoms with Gasteiger partial charge in [-0.05, 0) is 48.9 Å². The summed E-state index contributed by atoms with van der Waals surface area (Å²) >= 11 is 3.34. The van der Waals surface area contributed by atoms with Gasteiger partial charge in [-0.2, -0.15) is 5.26 Å². The maximum absolute atomic E-state index is 12.3. The van der Waals surface area contributed by atoms with Crippen LogP contribution in [0.5, 0.6) is 11.5 Å². The number of hydrogen-bond acceptors (Lipinski definition) is 4. The quantitative estimate of drug-likeness (QED) is 0.575. The number of carbonyl (C=O) groups is 1. The minimum absolute atomic E-state index is 0.00686. The highest BCUT2D eigenvalue weighted by Gasteiger charge is 2.11. The molecule has 2 aromatic rings. The number of ether oxygens (including phenoxy) is 2. The number of benzene rings is 2. The first-order valence-corrected chi connectivity index (χ1v) is 8.36. The van der Waals surface area contributed by atoms with Crippen LogP contribution in [0.25, 0.3) is 6.08 Å². The highest BCUT2D eigenvalue weighted by atomic mass is 79.9. The standard InChI is InChI=1S/C19H17BrN2O3/c1-3-25-18-10-13(7-8-17(18)24-2)9-14(12-21)19(23)22-16-6-4-5-15(20)11-16/h4-11H,3H2,1-2H3,(H,22,23)/b14-9-. The van der Waals surface area contributed by atoms with E-state index in [-0.39, 0.29) is 5.57 Å². The summed E-state index contributed by atoms with van der Waals surface area (Å²) in [7, 11) is 1.56. The van der Waals surface area contributed by atoms with E-state index >= 15 is 0 Å². The first-order valence-electron chi connectivity index (χ1n) is 7.57. The Labute approximate surface area is 155 Å². The number of amides is 1. The third kappa shape index (κ3) is 5.10. The number of nitrogens with zero attached hydrogens (tertiary/aromatic N) is 1. The number of halogens is 1. The molecule has 25 heavy (non-hydrogen) atoms. The summed E-state index contributed by atoms with van der Waals surface area (Å²) in [5, 5.41) is 12.0. The van der Waals surface area contributed by atoms with Crippen molar-refractivity contribution in [2.75, 3.05) is 19.0 Å². The molecule has 0 aliphatic carbocycles. The Morgan fingerprint density at radius 1 is 1.28 bits per heavy atom. The summed E-state index contributed by atoms with van der Waals surface area (Å²) in [6.07, 6.45) is 1.51. The van der Waals surface area contributed by atoms with Gasteiger partial charge in [-0.15, -0.1) is 0 Å². The fourth-order valence-corrected chi connectivity index (χ4v) is 2.53. The predicted octanol–water partition coefficient (Wildman–Crippen LogP) is 4.40. The molecule has 0 radical (unpaired) electrons. The number of nitrogens with one attached hydrogen (secondary N) is 1. The van der Waals surface area contributed by atoms with Crippen LogP contribution in [0.2, 0.25) is 0 Å². The fraction of sp³-hybridized carbons (Fsp3) is 0.158. The normalized spacial score (nSPS) is 10.7. The van der Waals surface area contributed by atoms with Crippen LogP contribution in [-0.4, -0.2) is 19.6 Å². The van der Waals surface area contributed by atoms with Gasteiger partial charge >= 0.3 is 0 Å². The molecule has 2 rings (SSSR count). The van der Waals surface area contributed by atoms with Crippen molar-refractivity contribution in [3.8, 4) is 17.6 Å².